The summed E-state index contributed by atoms with van der Waals surface area (Å²) >= 11 is 0. The Labute approximate surface area is 150 Å². The van der Waals surface area contributed by atoms with E-state index in [1.165, 1.54) is 0 Å². The van der Waals surface area contributed by atoms with Crippen LogP contribution < -0.4 is 5.32 Å². The average molecular weight is 346 g/mol. The molecule has 4 rings (SSSR count). The van der Waals surface area contributed by atoms with Gasteiger partial charge in [0.1, 0.15) is 0 Å². The fourth-order valence-electron chi connectivity index (χ4n) is 2.91. The second-order valence-corrected chi connectivity index (χ2v) is 6.09. The summed E-state index contributed by atoms with van der Waals surface area (Å²) in [5.74, 6) is 0.910. The Morgan fingerprint density at radius 2 is 1.96 bits per heavy atom. The number of nitrogens with zero attached hydrogens (tertiary/aromatic N) is 3. The van der Waals surface area contributed by atoms with Crippen LogP contribution in [0, 0.1) is 0 Å². The lowest BCUT2D eigenvalue weighted by Gasteiger charge is -2.06. The standard InChI is InChI=1S/C20H18N4O2/c1-24-13-12-15-16(8-5-9-17(15)24)21-18(25)10-11-19-22-20(23-26-19)14-6-3-2-4-7-14/h2-9,12-13H,10-11H2,1H3,(H,21,25). The lowest BCUT2D eigenvalue weighted by Crippen LogP contribution is -2.12. The van der Waals surface area contributed by atoms with Crippen LogP contribution in [0.4, 0.5) is 5.69 Å². The van der Waals surface area contributed by atoms with Gasteiger partial charge in [-0.25, -0.2) is 0 Å². The van der Waals surface area contributed by atoms with Crippen molar-refractivity contribution < 1.29 is 9.32 Å². The molecule has 0 fully saturated rings. The van der Waals surface area contributed by atoms with E-state index in [0.717, 1.165) is 22.2 Å². The SMILES string of the molecule is Cn1ccc2c(NC(=O)CCc3nc(-c4ccccc4)no3)cccc21. The molecule has 0 radical (unpaired) electrons. The Balaban J connectivity index is 1.41. The normalized spacial score (nSPS) is 11.0. The van der Waals surface area contributed by atoms with Crippen molar-refractivity contribution in [2.24, 2.45) is 7.05 Å². The van der Waals surface area contributed by atoms with E-state index >= 15 is 0 Å². The minimum atomic E-state index is -0.0826. The molecular weight excluding hydrogens is 328 g/mol. The molecule has 0 bridgehead atoms. The Kier molecular flexibility index (Phi) is 4.23. The Bertz CT molecular complexity index is 1050. The predicted molar refractivity (Wildman–Crippen MR) is 99.6 cm³/mol. The number of aryl methyl sites for hydroxylation is 2. The topological polar surface area (TPSA) is 73.0 Å². The number of rotatable bonds is 5. The number of carbonyl (C=O) groups excluding carboxylic acids is 1. The van der Waals surface area contributed by atoms with Gasteiger partial charge >= 0.3 is 0 Å². The molecule has 1 N–H and O–H groups in total. The van der Waals surface area contributed by atoms with Gasteiger partial charge in [0, 0.05) is 42.6 Å². The molecule has 2 aromatic heterocycles. The maximum Gasteiger partial charge on any atom is 0.227 e. The monoisotopic (exact) mass is 346 g/mol. The summed E-state index contributed by atoms with van der Waals surface area (Å²) < 4.78 is 7.27. The molecule has 0 aliphatic rings. The summed E-state index contributed by atoms with van der Waals surface area (Å²) in [6, 6.07) is 17.5. The lowest BCUT2D eigenvalue weighted by molar-refractivity contribution is -0.116. The maximum absolute atomic E-state index is 12.3. The number of aromatic nitrogens is 3. The predicted octanol–water partition coefficient (Wildman–Crippen LogP) is 3.80. The Morgan fingerprint density at radius 1 is 1.12 bits per heavy atom. The summed E-state index contributed by atoms with van der Waals surface area (Å²) in [6.07, 6.45) is 2.65. The molecule has 4 aromatic rings. The molecule has 0 aliphatic heterocycles. The minimum absolute atomic E-state index is 0.0826. The van der Waals surface area contributed by atoms with Crippen molar-refractivity contribution in [3.63, 3.8) is 0 Å². The second-order valence-electron chi connectivity index (χ2n) is 6.09. The van der Waals surface area contributed by atoms with Crippen molar-refractivity contribution in [2.45, 2.75) is 12.8 Å². The number of anilines is 1. The van der Waals surface area contributed by atoms with E-state index in [2.05, 4.69) is 15.5 Å². The number of hydrogen-bond acceptors (Lipinski definition) is 4. The van der Waals surface area contributed by atoms with Gasteiger partial charge in [-0.15, -0.1) is 0 Å². The minimum Gasteiger partial charge on any atom is -0.350 e. The van der Waals surface area contributed by atoms with Gasteiger partial charge in [0.2, 0.25) is 17.6 Å². The third-order valence-electron chi connectivity index (χ3n) is 4.27. The van der Waals surface area contributed by atoms with Crippen molar-refractivity contribution in [2.75, 3.05) is 5.32 Å². The van der Waals surface area contributed by atoms with Gasteiger partial charge in [0.15, 0.2) is 0 Å². The van der Waals surface area contributed by atoms with Gasteiger partial charge in [-0.2, -0.15) is 4.98 Å². The number of benzene rings is 2. The zero-order valence-electron chi connectivity index (χ0n) is 14.3. The number of amides is 1. The molecule has 130 valence electrons. The van der Waals surface area contributed by atoms with E-state index in [1.54, 1.807) is 0 Å². The first kappa shape index (κ1) is 16.1. The van der Waals surface area contributed by atoms with Crippen molar-refractivity contribution >= 4 is 22.5 Å². The quantitative estimate of drug-likeness (QED) is 0.596. The van der Waals surface area contributed by atoms with Crippen molar-refractivity contribution in [1.29, 1.82) is 0 Å². The molecule has 1 amide bonds. The lowest BCUT2D eigenvalue weighted by atomic mass is 10.2. The van der Waals surface area contributed by atoms with Crippen LogP contribution in [-0.4, -0.2) is 20.6 Å². The van der Waals surface area contributed by atoms with Crippen LogP contribution in [0.5, 0.6) is 0 Å². The molecule has 6 nitrogen and oxygen atoms in total. The van der Waals surface area contributed by atoms with Crippen LogP contribution in [0.25, 0.3) is 22.3 Å². The van der Waals surface area contributed by atoms with E-state index < -0.39 is 0 Å². The van der Waals surface area contributed by atoms with Crippen LogP contribution in [-0.2, 0) is 18.3 Å². The maximum atomic E-state index is 12.3. The molecule has 0 unspecified atom stereocenters. The number of fused-ring (bicyclic) bond motifs is 1. The molecule has 6 heteroatoms. The molecule has 2 heterocycles. The fourth-order valence-corrected chi connectivity index (χ4v) is 2.91. The third-order valence-corrected chi connectivity index (χ3v) is 4.27. The molecule has 0 atom stereocenters. The third kappa shape index (κ3) is 3.21. The van der Waals surface area contributed by atoms with Crippen molar-refractivity contribution in [3.8, 4) is 11.4 Å². The summed E-state index contributed by atoms with van der Waals surface area (Å²) in [6.45, 7) is 0. The van der Waals surface area contributed by atoms with Gasteiger partial charge in [0.25, 0.3) is 0 Å². The average Bonchev–Trinajstić information content (AvgIpc) is 3.29. The largest absolute Gasteiger partial charge is 0.350 e. The highest BCUT2D eigenvalue weighted by Crippen LogP contribution is 2.24. The van der Waals surface area contributed by atoms with Crippen LogP contribution in [0.1, 0.15) is 12.3 Å². The zero-order valence-corrected chi connectivity index (χ0v) is 14.3. The zero-order chi connectivity index (χ0) is 17.9. The molecule has 0 spiro atoms. The molecule has 26 heavy (non-hydrogen) atoms. The molecule has 2 aromatic carbocycles. The highest BCUT2D eigenvalue weighted by Gasteiger charge is 2.12. The van der Waals surface area contributed by atoms with Crippen LogP contribution >= 0.6 is 0 Å². The first-order valence-corrected chi connectivity index (χ1v) is 8.42. The highest BCUT2D eigenvalue weighted by atomic mass is 16.5. The highest BCUT2D eigenvalue weighted by molar-refractivity contribution is 6.01. The summed E-state index contributed by atoms with van der Waals surface area (Å²) in [5, 5.41) is 7.96. The molecular formula is C20H18N4O2. The van der Waals surface area contributed by atoms with E-state index in [9.17, 15) is 4.79 Å². The first-order chi connectivity index (χ1) is 12.7. The van der Waals surface area contributed by atoms with Gasteiger partial charge in [-0.1, -0.05) is 41.6 Å². The number of hydrogen-bond donors (Lipinski definition) is 1. The van der Waals surface area contributed by atoms with Crippen LogP contribution in [0.15, 0.2) is 65.3 Å². The summed E-state index contributed by atoms with van der Waals surface area (Å²) in [4.78, 5) is 16.7. The Hall–Kier alpha value is -3.41. The smallest absolute Gasteiger partial charge is 0.227 e. The van der Waals surface area contributed by atoms with Gasteiger partial charge in [-0.3, -0.25) is 4.79 Å². The van der Waals surface area contributed by atoms with Crippen LogP contribution in [0.3, 0.4) is 0 Å². The van der Waals surface area contributed by atoms with Crippen molar-refractivity contribution in [3.05, 3.63) is 66.7 Å². The molecule has 0 saturated carbocycles. The van der Waals surface area contributed by atoms with Gasteiger partial charge in [0.05, 0.1) is 5.69 Å². The van der Waals surface area contributed by atoms with Gasteiger partial charge in [-0.05, 0) is 18.2 Å². The summed E-state index contributed by atoms with van der Waals surface area (Å²) in [5.41, 5.74) is 2.78. The van der Waals surface area contributed by atoms with E-state index in [0.29, 0.717) is 18.1 Å². The number of nitrogens with one attached hydrogen (secondary N) is 1. The first-order valence-electron chi connectivity index (χ1n) is 8.42. The van der Waals surface area contributed by atoms with E-state index in [4.69, 9.17) is 4.52 Å². The molecule has 0 aliphatic carbocycles. The molecule has 0 saturated heterocycles. The second kappa shape index (κ2) is 6.84. The summed E-state index contributed by atoms with van der Waals surface area (Å²) in [7, 11) is 1.98. The van der Waals surface area contributed by atoms with E-state index in [-0.39, 0.29) is 12.3 Å². The Morgan fingerprint density at radius 3 is 2.81 bits per heavy atom. The van der Waals surface area contributed by atoms with Crippen molar-refractivity contribution in [1.82, 2.24) is 14.7 Å². The van der Waals surface area contributed by atoms with Crippen LogP contribution in [0.2, 0.25) is 0 Å². The van der Waals surface area contributed by atoms with E-state index in [1.807, 2.05) is 72.4 Å². The van der Waals surface area contributed by atoms with Gasteiger partial charge < -0.3 is 14.4 Å². The fraction of sp³-hybridized carbons (Fsp3) is 0.150. The number of carbonyl (C=O) groups is 1.